The Kier molecular flexibility index (Phi) is 2.40. The molecule has 0 atom stereocenters. The van der Waals surface area contributed by atoms with Gasteiger partial charge in [0.25, 0.3) is 0 Å². The van der Waals surface area contributed by atoms with E-state index in [0.29, 0.717) is 0 Å². The Labute approximate surface area is 103 Å². The van der Waals surface area contributed by atoms with E-state index >= 15 is 0 Å². The molecule has 0 amide bonds. The highest BCUT2D eigenvalue weighted by Crippen LogP contribution is 2.35. The van der Waals surface area contributed by atoms with E-state index in [-0.39, 0.29) is 0 Å². The van der Waals surface area contributed by atoms with Crippen molar-refractivity contribution in [1.29, 1.82) is 0 Å². The third-order valence-corrected chi connectivity index (χ3v) is 3.53. The summed E-state index contributed by atoms with van der Waals surface area (Å²) in [5.41, 5.74) is 6.88. The maximum absolute atomic E-state index is 2.43. The van der Waals surface area contributed by atoms with Crippen molar-refractivity contribution in [3.8, 4) is 0 Å². The largest absolute Gasteiger partial charge is 0.341 e. The predicted octanol–water partition coefficient (Wildman–Crippen LogP) is 4.00. The second kappa shape index (κ2) is 3.92. The van der Waals surface area contributed by atoms with Crippen molar-refractivity contribution in [2.45, 2.75) is 20.3 Å². The summed E-state index contributed by atoms with van der Waals surface area (Å²) in [6.45, 7) is 5.45. The van der Waals surface area contributed by atoms with E-state index < -0.39 is 0 Å². The lowest BCUT2D eigenvalue weighted by molar-refractivity contribution is 0.992. The van der Waals surface area contributed by atoms with Gasteiger partial charge in [-0.15, -0.1) is 0 Å². The molecule has 1 heteroatoms. The van der Waals surface area contributed by atoms with Crippen LogP contribution in [0.4, 0.5) is 11.4 Å². The molecule has 17 heavy (non-hydrogen) atoms. The van der Waals surface area contributed by atoms with Crippen molar-refractivity contribution in [3.63, 3.8) is 0 Å². The number of benzene rings is 2. The van der Waals surface area contributed by atoms with Crippen LogP contribution in [0.2, 0.25) is 0 Å². The van der Waals surface area contributed by atoms with E-state index in [2.05, 4.69) is 61.2 Å². The first-order valence-electron chi connectivity index (χ1n) is 6.18. The molecule has 3 rings (SSSR count). The molecule has 0 saturated heterocycles. The highest BCUT2D eigenvalue weighted by molar-refractivity contribution is 5.72. The van der Waals surface area contributed by atoms with E-state index in [1.54, 1.807) is 0 Å². The number of fused-ring (bicyclic) bond motifs is 1. The molecule has 0 bridgehead atoms. The number of hydrogen-bond donors (Lipinski definition) is 0. The normalized spacial score (nSPS) is 13.9. The quantitative estimate of drug-likeness (QED) is 0.706. The van der Waals surface area contributed by atoms with Crippen LogP contribution in [0.3, 0.4) is 0 Å². The Morgan fingerprint density at radius 3 is 2.59 bits per heavy atom. The molecule has 1 aliphatic rings. The zero-order valence-electron chi connectivity index (χ0n) is 10.4. The first-order valence-corrected chi connectivity index (χ1v) is 6.18. The Bertz CT molecular complexity index is 557. The van der Waals surface area contributed by atoms with Crippen molar-refractivity contribution >= 4 is 11.4 Å². The van der Waals surface area contributed by atoms with Crippen molar-refractivity contribution in [2.24, 2.45) is 0 Å². The van der Waals surface area contributed by atoms with Gasteiger partial charge in [0.2, 0.25) is 0 Å². The van der Waals surface area contributed by atoms with E-state index in [1.807, 2.05) is 0 Å². The summed E-state index contributed by atoms with van der Waals surface area (Å²) in [6.07, 6.45) is 1.16. The summed E-state index contributed by atoms with van der Waals surface area (Å²) in [4.78, 5) is 2.43. The van der Waals surface area contributed by atoms with Crippen LogP contribution in [0.25, 0.3) is 0 Å². The average Bonchev–Trinajstić information content (AvgIpc) is 2.73. The average molecular weight is 223 g/mol. The van der Waals surface area contributed by atoms with E-state index in [4.69, 9.17) is 0 Å². The number of para-hydroxylation sites is 1. The van der Waals surface area contributed by atoms with Crippen molar-refractivity contribution in [3.05, 3.63) is 59.2 Å². The monoisotopic (exact) mass is 223 g/mol. The lowest BCUT2D eigenvalue weighted by Crippen LogP contribution is -2.14. The van der Waals surface area contributed by atoms with Gasteiger partial charge in [0.15, 0.2) is 0 Å². The van der Waals surface area contributed by atoms with Crippen LogP contribution >= 0.6 is 0 Å². The number of nitrogens with zero attached hydrogens (tertiary/aromatic N) is 1. The minimum Gasteiger partial charge on any atom is -0.341 e. The minimum absolute atomic E-state index is 1.10. The van der Waals surface area contributed by atoms with Gasteiger partial charge in [-0.3, -0.25) is 0 Å². The van der Waals surface area contributed by atoms with Crippen molar-refractivity contribution < 1.29 is 0 Å². The fraction of sp³-hybridized carbons (Fsp3) is 0.250. The molecule has 0 spiro atoms. The van der Waals surface area contributed by atoms with Crippen molar-refractivity contribution in [1.82, 2.24) is 0 Å². The summed E-state index contributed by atoms with van der Waals surface area (Å²) in [5, 5.41) is 0. The molecule has 2 aromatic rings. The van der Waals surface area contributed by atoms with Gasteiger partial charge in [-0.25, -0.2) is 0 Å². The minimum atomic E-state index is 1.10. The van der Waals surface area contributed by atoms with Crippen LogP contribution in [0.15, 0.2) is 42.5 Å². The van der Waals surface area contributed by atoms with Gasteiger partial charge in [0, 0.05) is 17.9 Å². The van der Waals surface area contributed by atoms with Gasteiger partial charge in [-0.2, -0.15) is 0 Å². The third-order valence-electron chi connectivity index (χ3n) is 3.53. The molecule has 2 aromatic carbocycles. The van der Waals surface area contributed by atoms with Crippen LogP contribution in [0.5, 0.6) is 0 Å². The molecule has 0 saturated carbocycles. The maximum atomic E-state index is 2.43. The smallest absolute Gasteiger partial charge is 0.0444 e. The molecule has 0 fully saturated rings. The van der Waals surface area contributed by atoms with E-state index in [0.717, 1.165) is 13.0 Å². The first kappa shape index (κ1) is 10.4. The van der Waals surface area contributed by atoms with E-state index in [1.165, 1.54) is 28.1 Å². The van der Waals surface area contributed by atoms with Crippen molar-refractivity contribution in [2.75, 3.05) is 11.4 Å². The molecular weight excluding hydrogens is 206 g/mol. The van der Waals surface area contributed by atoms with Gasteiger partial charge in [-0.1, -0.05) is 35.9 Å². The molecule has 1 aliphatic heterocycles. The summed E-state index contributed by atoms with van der Waals surface area (Å²) in [7, 11) is 0. The molecule has 0 unspecified atom stereocenters. The molecule has 0 aliphatic carbocycles. The number of rotatable bonds is 1. The highest BCUT2D eigenvalue weighted by atomic mass is 15.2. The Balaban J connectivity index is 2.07. The van der Waals surface area contributed by atoms with Gasteiger partial charge < -0.3 is 4.90 Å². The molecule has 0 N–H and O–H groups in total. The lowest BCUT2D eigenvalue weighted by atomic mass is 10.1. The summed E-state index contributed by atoms with van der Waals surface area (Å²) in [6, 6.07) is 15.4. The van der Waals surface area contributed by atoms with Gasteiger partial charge in [0.05, 0.1) is 0 Å². The molecule has 1 nitrogen and oxygen atoms in total. The van der Waals surface area contributed by atoms with Crippen LogP contribution in [-0.4, -0.2) is 6.54 Å². The summed E-state index contributed by atoms with van der Waals surface area (Å²) < 4.78 is 0. The number of anilines is 2. The number of hydrogen-bond acceptors (Lipinski definition) is 1. The maximum Gasteiger partial charge on any atom is 0.0444 e. The fourth-order valence-corrected chi connectivity index (χ4v) is 2.70. The molecule has 0 radical (unpaired) electrons. The van der Waals surface area contributed by atoms with Gasteiger partial charge in [-0.05, 0) is 43.5 Å². The predicted molar refractivity (Wildman–Crippen MR) is 73.1 cm³/mol. The topological polar surface area (TPSA) is 3.24 Å². The molecule has 86 valence electrons. The van der Waals surface area contributed by atoms with Gasteiger partial charge in [0.1, 0.15) is 0 Å². The van der Waals surface area contributed by atoms with E-state index in [9.17, 15) is 0 Å². The zero-order chi connectivity index (χ0) is 11.8. The second-order valence-electron chi connectivity index (χ2n) is 4.82. The fourth-order valence-electron chi connectivity index (χ4n) is 2.70. The van der Waals surface area contributed by atoms with Crippen LogP contribution in [0.1, 0.15) is 16.7 Å². The molecule has 1 heterocycles. The van der Waals surface area contributed by atoms with Crippen LogP contribution < -0.4 is 4.90 Å². The van der Waals surface area contributed by atoms with Crippen LogP contribution in [-0.2, 0) is 6.42 Å². The Hall–Kier alpha value is -1.76. The van der Waals surface area contributed by atoms with Gasteiger partial charge >= 0.3 is 0 Å². The highest BCUT2D eigenvalue weighted by Gasteiger charge is 2.20. The standard InChI is InChI=1S/C16H17N/c1-12-7-8-15(13(2)11-12)17-10-9-14-5-3-4-6-16(14)17/h3-8,11H,9-10H2,1-2H3. The third kappa shape index (κ3) is 1.72. The second-order valence-corrected chi connectivity index (χ2v) is 4.82. The lowest BCUT2D eigenvalue weighted by Gasteiger charge is -2.22. The molecular formula is C16H17N. The molecule has 0 aromatic heterocycles. The Morgan fingerprint density at radius 2 is 1.76 bits per heavy atom. The summed E-state index contributed by atoms with van der Waals surface area (Å²) in [5.74, 6) is 0. The SMILES string of the molecule is Cc1ccc(N2CCc3ccccc32)c(C)c1. The number of aryl methyl sites for hydroxylation is 2. The Morgan fingerprint density at radius 1 is 0.941 bits per heavy atom. The zero-order valence-corrected chi connectivity index (χ0v) is 10.4. The first-order chi connectivity index (χ1) is 8.25. The summed E-state index contributed by atoms with van der Waals surface area (Å²) >= 11 is 0. The van der Waals surface area contributed by atoms with Crippen LogP contribution in [0, 0.1) is 13.8 Å².